The molecule has 6 nitrogen and oxygen atoms in total. The molecule has 8 heteroatoms. The van der Waals surface area contributed by atoms with Crippen LogP contribution in [0.2, 0.25) is 0 Å². The highest BCUT2D eigenvalue weighted by molar-refractivity contribution is 7.14. The van der Waals surface area contributed by atoms with E-state index in [0.29, 0.717) is 17.0 Å². The summed E-state index contributed by atoms with van der Waals surface area (Å²) in [6.07, 6.45) is 2.13. The normalized spacial score (nSPS) is 14.8. The molecule has 0 radical (unpaired) electrons. The fourth-order valence-electron chi connectivity index (χ4n) is 4.08. The standard InChI is InChI=1S/C25H27FN4O2S/c1-16-23(33-22(28-16)14-17-5-7-20(26)8-6-17)25(32)29-21-4-2-3-18(13-21)15-30-11-9-19(10-12-30)24(27)31/h2-8,13,19H,9-12,14-15H2,1H3,(H2,27,31)(H,29,32). The lowest BCUT2D eigenvalue weighted by atomic mass is 9.96. The van der Waals surface area contributed by atoms with Crippen LogP contribution in [-0.4, -0.2) is 34.8 Å². The van der Waals surface area contributed by atoms with Gasteiger partial charge in [0.1, 0.15) is 10.7 Å². The molecule has 4 rings (SSSR count). The Bertz CT molecular complexity index is 1140. The van der Waals surface area contributed by atoms with Crippen molar-refractivity contribution in [2.45, 2.75) is 32.7 Å². The third-order valence-electron chi connectivity index (χ3n) is 5.90. The van der Waals surface area contributed by atoms with Gasteiger partial charge in [-0.15, -0.1) is 11.3 Å². The number of hydrogen-bond donors (Lipinski definition) is 2. The van der Waals surface area contributed by atoms with Crippen LogP contribution in [0.3, 0.4) is 0 Å². The van der Waals surface area contributed by atoms with Crippen molar-refractivity contribution < 1.29 is 14.0 Å². The average Bonchev–Trinajstić information content (AvgIpc) is 3.16. The van der Waals surface area contributed by atoms with Crippen LogP contribution in [0.4, 0.5) is 10.1 Å². The molecule has 2 amide bonds. The van der Waals surface area contributed by atoms with Gasteiger partial charge in [0, 0.05) is 24.6 Å². The fourth-order valence-corrected chi connectivity index (χ4v) is 5.08. The van der Waals surface area contributed by atoms with Crippen LogP contribution in [0.25, 0.3) is 0 Å². The summed E-state index contributed by atoms with van der Waals surface area (Å²) in [6.45, 7) is 4.25. The third kappa shape index (κ3) is 6.03. The lowest BCUT2D eigenvalue weighted by molar-refractivity contribution is -0.123. The molecule has 0 atom stereocenters. The summed E-state index contributed by atoms with van der Waals surface area (Å²) in [6, 6.07) is 14.1. The predicted molar refractivity (Wildman–Crippen MR) is 128 cm³/mol. The van der Waals surface area contributed by atoms with Crippen LogP contribution in [0, 0.1) is 18.7 Å². The molecular formula is C25H27FN4O2S. The molecule has 1 saturated heterocycles. The number of primary amides is 1. The van der Waals surface area contributed by atoms with Crippen molar-refractivity contribution >= 4 is 28.8 Å². The van der Waals surface area contributed by atoms with E-state index in [1.54, 1.807) is 12.1 Å². The number of halogens is 1. The zero-order valence-corrected chi connectivity index (χ0v) is 19.3. The number of anilines is 1. The number of piperidine rings is 1. The number of carbonyl (C=O) groups is 2. The Hall–Kier alpha value is -3.10. The Labute approximate surface area is 196 Å². The lowest BCUT2D eigenvalue weighted by Gasteiger charge is -2.30. The maximum Gasteiger partial charge on any atom is 0.267 e. The monoisotopic (exact) mass is 466 g/mol. The quantitative estimate of drug-likeness (QED) is 0.548. The van der Waals surface area contributed by atoms with Gasteiger partial charge in [-0.1, -0.05) is 24.3 Å². The summed E-state index contributed by atoms with van der Waals surface area (Å²) < 4.78 is 13.1. The second-order valence-corrected chi connectivity index (χ2v) is 9.52. The molecule has 2 heterocycles. The molecule has 3 N–H and O–H groups in total. The van der Waals surface area contributed by atoms with Crippen molar-refractivity contribution in [1.82, 2.24) is 9.88 Å². The van der Waals surface area contributed by atoms with Crippen LogP contribution in [-0.2, 0) is 17.8 Å². The Morgan fingerprint density at radius 1 is 1.15 bits per heavy atom. The number of aryl methyl sites for hydroxylation is 1. The van der Waals surface area contributed by atoms with Crippen LogP contribution in [0.5, 0.6) is 0 Å². The number of nitrogens with two attached hydrogens (primary N) is 1. The summed E-state index contributed by atoms with van der Waals surface area (Å²) in [5.41, 5.74) is 8.89. The van der Waals surface area contributed by atoms with Crippen molar-refractivity contribution in [3.05, 3.63) is 81.1 Å². The second-order valence-electron chi connectivity index (χ2n) is 8.43. The molecule has 3 aromatic rings. The number of likely N-dealkylation sites (tertiary alicyclic amines) is 1. The second kappa shape index (κ2) is 10.2. The first-order valence-electron chi connectivity index (χ1n) is 11.0. The minimum Gasteiger partial charge on any atom is -0.369 e. The summed E-state index contributed by atoms with van der Waals surface area (Å²) in [5.74, 6) is -0.692. The first kappa shape index (κ1) is 23.1. The molecule has 0 unspecified atom stereocenters. The van der Waals surface area contributed by atoms with Gasteiger partial charge in [0.15, 0.2) is 0 Å². The first-order valence-corrected chi connectivity index (χ1v) is 11.8. The number of rotatable bonds is 7. The number of thiazole rings is 1. The molecule has 0 bridgehead atoms. The number of aromatic nitrogens is 1. The number of amides is 2. The highest BCUT2D eigenvalue weighted by Gasteiger charge is 2.23. The van der Waals surface area contributed by atoms with Gasteiger partial charge in [-0.3, -0.25) is 14.5 Å². The molecule has 2 aromatic carbocycles. The molecule has 1 aromatic heterocycles. The number of carbonyl (C=O) groups excluding carboxylic acids is 2. The van der Waals surface area contributed by atoms with E-state index in [0.717, 1.165) is 54.3 Å². The Morgan fingerprint density at radius 2 is 1.88 bits per heavy atom. The Kier molecular flexibility index (Phi) is 7.15. The van der Waals surface area contributed by atoms with Crippen LogP contribution < -0.4 is 11.1 Å². The zero-order chi connectivity index (χ0) is 23.4. The van der Waals surface area contributed by atoms with Crippen LogP contribution in [0.1, 0.15) is 44.3 Å². The van der Waals surface area contributed by atoms with Crippen LogP contribution >= 0.6 is 11.3 Å². The number of nitrogens with one attached hydrogen (secondary N) is 1. The van der Waals surface area contributed by atoms with E-state index in [1.165, 1.54) is 23.5 Å². The maximum absolute atomic E-state index is 13.1. The molecular weight excluding hydrogens is 439 g/mol. The van der Waals surface area contributed by atoms with Gasteiger partial charge < -0.3 is 11.1 Å². The fraction of sp³-hybridized carbons (Fsp3) is 0.320. The van der Waals surface area contributed by atoms with Crippen molar-refractivity contribution in [3.8, 4) is 0 Å². The van der Waals surface area contributed by atoms with E-state index in [9.17, 15) is 14.0 Å². The lowest BCUT2D eigenvalue weighted by Crippen LogP contribution is -2.38. The van der Waals surface area contributed by atoms with Gasteiger partial charge in [-0.2, -0.15) is 0 Å². The maximum atomic E-state index is 13.1. The van der Waals surface area contributed by atoms with Crippen molar-refractivity contribution in [1.29, 1.82) is 0 Å². The summed E-state index contributed by atoms with van der Waals surface area (Å²) >= 11 is 1.36. The van der Waals surface area contributed by atoms with Gasteiger partial charge in [0.05, 0.1) is 10.7 Å². The third-order valence-corrected chi connectivity index (χ3v) is 7.05. The van der Waals surface area contributed by atoms with Gasteiger partial charge >= 0.3 is 0 Å². The minimum absolute atomic E-state index is 0.0255. The summed E-state index contributed by atoms with van der Waals surface area (Å²) in [7, 11) is 0. The molecule has 33 heavy (non-hydrogen) atoms. The highest BCUT2D eigenvalue weighted by atomic mass is 32.1. The number of benzene rings is 2. The average molecular weight is 467 g/mol. The van der Waals surface area contributed by atoms with Crippen molar-refractivity contribution in [3.63, 3.8) is 0 Å². The number of hydrogen-bond acceptors (Lipinski definition) is 5. The predicted octanol–water partition coefficient (Wildman–Crippen LogP) is 4.13. The smallest absolute Gasteiger partial charge is 0.267 e. The summed E-state index contributed by atoms with van der Waals surface area (Å²) in [5, 5.41) is 3.80. The molecule has 172 valence electrons. The van der Waals surface area contributed by atoms with Gasteiger partial charge in [-0.25, -0.2) is 9.37 Å². The summed E-state index contributed by atoms with van der Waals surface area (Å²) in [4.78, 5) is 31.7. The highest BCUT2D eigenvalue weighted by Crippen LogP contribution is 2.24. The van der Waals surface area contributed by atoms with Crippen LogP contribution in [0.15, 0.2) is 48.5 Å². The first-order chi connectivity index (χ1) is 15.9. The van der Waals surface area contributed by atoms with E-state index >= 15 is 0 Å². The van der Waals surface area contributed by atoms with E-state index in [4.69, 9.17) is 5.73 Å². The molecule has 1 aliphatic heterocycles. The largest absolute Gasteiger partial charge is 0.369 e. The Morgan fingerprint density at radius 3 is 2.58 bits per heavy atom. The molecule has 1 fully saturated rings. The molecule has 0 aliphatic carbocycles. The van der Waals surface area contributed by atoms with Crippen molar-refractivity contribution in [2.75, 3.05) is 18.4 Å². The zero-order valence-electron chi connectivity index (χ0n) is 18.5. The minimum atomic E-state index is -0.272. The topological polar surface area (TPSA) is 88.3 Å². The van der Waals surface area contributed by atoms with Crippen molar-refractivity contribution in [2.24, 2.45) is 11.7 Å². The van der Waals surface area contributed by atoms with E-state index in [1.807, 2.05) is 31.2 Å². The van der Waals surface area contributed by atoms with E-state index < -0.39 is 0 Å². The van der Waals surface area contributed by atoms with E-state index in [-0.39, 0.29) is 23.5 Å². The number of nitrogens with zero attached hydrogens (tertiary/aromatic N) is 2. The van der Waals surface area contributed by atoms with Gasteiger partial charge in [0.2, 0.25) is 5.91 Å². The van der Waals surface area contributed by atoms with Gasteiger partial charge in [-0.05, 0) is 68.2 Å². The van der Waals surface area contributed by atoms with E-state index in [2.05, 4.69) is 15.2 Å². The SMILES string of the molecule is Cc1nc(Cc2ccc(F)cc2)sc1C(=O)Nc1cccc(CN2CCC(C(N)=O)CC2)c1. The van der Waals surface area contributed by atoms with Gasteiger partial charge in [0.25, 0.3) is 5.91 Å². The molecule has 1 aliphatic rings. The molecule has 0 saturated carbocycles. The molecule has 0 spiro atoms. The Balaban J connectivity index is 1.37.